The Morgan fingerprint density at radius 1 is 1.19 bits per heavy atom. The minimum absolute atomic E-state index is 0.357. The second-order valence-electron chi connectivity index (χ2n) is 4.00. The number of rotatable bonds is 1. The fraction of sp³-hybridized carbons (Fsp3) is 0.455. The molecule has 0 amide bonds. The predicted molar refractivity (Wildman–Crippen MR) is 68.5 cm³/mol. The van der Waals surface area contributed by atoms with Crippen LogP contribution in [-0.4, -0.2) is 23.1 Å². The van der Waals surface area contributed by atoms with Crippen molar-refractivity contribution in [3.8, 4) is 0 Å². The highest BCUT2D eigenvalue weighted by molar-refractivity contribution is 7.16. The third kappa shape index (κ3) is 1.76. The molecule has 1 fully saturated rings. The second-order valence-corrected chi connectivity index (χ2v) is 5.24. The Hall–Kier alpha value is -0.870. The first-order valence-electron chi connectivity index (χ1n) is 5.50. The minimum Gasteiger partial charge on any atom is -0.356 e. The van der Waals surface area contributed by atoms with Crippen LogP contribution in [-0.2, 0) is 0 Å². The van der Waals surface area contributed by atoms with Gasteiger partial charge in [-0.15, -0.1) is 11.3 Å². The maximum atomic E-state index is 5.96. The molecule has 0 N–H and O–H groups in total. The highest BCUT2D eigenvalue weighted by Crippen LogP contribution is 2.30. The van der Waals surface area contributed by atoms with Gasteiger partial charge in [-0.2, -0.15) is 4.98 Å². The Balaban J connectivity index is 2.09. The molecule has 5 heteroatoms. The Labute approximate surface area is 103 Å². The Bertz CT molecular complexity index is 505. The lowest BCUT2D eigenvalue weighted by Crippen LogP contribution is -2.30. The van der Waals surface area contributed by atoms with Gasteiger partial charge >= 0.3 is 0 Å². The number of aromatic nitrogens is 2. The Morgan fingerprint density at radius 3 is 2.81 bits per heavy atom. The van der Waals surface area contributed by atoms with E-state index in [1.54, 1.807) is 11.3 Å². The maximum Gasteiger partial charge on any atom is 0.225 e. The molecule has 0 atom stereocenters. The zero-order chi connectivity index (χ0) is 11.0. The summed E-state index contributed by atoms with van der Waals surface area (Å²) in [5, 5.41) is 3.54. The molecule has 0 unspecified atom stereocenters. The molecule has 0 saturated carbocycles. The van der Waals surface area contributed by atoms with Crippen molar-refractivity contribution in [3.05, 3.63) is 16.7 Å². The number of halogens is 1. The van der Waals surface area contributed by atoms with Crippen LogP contribution >= 0.6 is 22.9 Å². The third-order valence-electron chi connectivity index (χ3n) is 2.93. The van der Waals surface area contributed by atoms with Gasteiger partial charge in [-0.1, -0.05) is 0 Å². The van der Waals surface area contributed by atoms with Gasteiger partial charge in [-0.25, -0.2) is 4.98 Å². The van der Waals surface area contributed by atoms with E-state index >= 15 is 0 Å². The topological polar surface area (TPSA) is 29.0 Å². The van der Waals surface area contributed by atoms with E-state index in [-0.39, 0.29) is 0 Å². The zero-order valence-corrected chi connectivity index (χ0v) is 10.4. The van der Waals surface area contributed by atoms with Gasteiger partial charge in [-0.3, -0.25) is 0 Å². The number of nitrogens with zero attached hydrogens (tertiary/aromatic N) is 3. The van der Waals surface area contributed by atoms with Crippen LogP contribution < -0.4 is 4.90 Å². The van der Waals surface area contributed by atoms with E-state index in [1.165, 1.54) is 19.3 Å². The number of hydrogen-bond acceptors (Lipinski definition) is 4. The summed E-state index contributed by atoms with van der Waals surface area (Å²) in [6.45, 7) is 2.16. The summed E-state index contributed by atoms with van der Waals surface area (Å²) in [5.74, 6) is 1.01. The molecule has 0 bridgehead atoms. The van der Waals surface area contributed by atoms with E-state index in [2.05, 4.69) is 20.9 Å². The highest BCUT2D eigenvalue weighted by Gasteiger charge is 2.16. The third-order valence-corrected chi connectivity index (χ3v) is 3.91. The molecule has 0 radical (unpaired) electrons. The van der Waals surface area contributed by atoms with Crippen molar-refractivity contribution in [1.29, 1.82) is 0 Å². The molecule has 1 saturated heterocycles. The molecule has 0 aliphatic carbocycles. The largest absolute Gasteiger partial charge is 0.356 e. The molecule has 3 nitrogen and oxygen atoms in total. The molecule has 2 aromatic rings. The lowest BCUT2D eigenvalue weighted by molar-refractivity contribution is 0.574. The van der Waals surface area contributed by atoms with Crippen molar-refractivity contribution in [3.63, 3.8) is 0 Å². The molecule has 3 rings (SSSR count). The van der Waals surface area contributed by atoms with E-state index in [0.717, 1.165) is 29.1 Å². The fourth-order valence-corrected chi connectivity index (χ4v) is 3.13. The molecule has 0 spiro atoms. The average Bonchev–Trinajstić information content (AvgIpc) is 2.77. The lowest BCUT2D eigenvalue weighted by atomic mass is 10.1. The van der Waals surface area contributed by atoms with Crippen molar-refractivity contribution in [2.24, 2.45) is 0 Å². The van der Waals surface area contributed by atoms with Crippen LogP contribution in [0.5, 0.6) is 0 Å². The highest BCUT2D eigenvalue weighted by atomic mass is 35.5. The van der Waals surface area contributed by atoms with Crippen molar-refractivity contribution in [2.45, 2.75) is 19.3 Å². The number of fused-ring (bicyclic) bond motifs is 1. The predicted octanol–water partition coefficient (Wildman–Crippen LogP) is 3.34. The molecular weight excluding hydrogens is 242 g/mol. The Morgan fingerprint density at radius 2 is 2.00 bits per heavy atom. The van der Waals surface area contributed by atoms with Gasteiger partial charge in [0.25, 0.3) is 0 Å². The molecule has 1 aliphatic heterocycles. The second kappa shape index (κ2) is 4.18. The van der Waals surface area contributed by atoms with Crippen molar-refractivity contribution < 1.29 is 0 Å². The van der Waals surface area contributed by atoms with Crippen molar-refractivity contribution >= 4 is 39.0 Å². The molecule has 2 aromatic heterocycles. The van der Waals surface area contributed by atoms with Crippen LogP contribution in [0.3, 0.4) is 0 Å². The summed E-state index contributed by atoms with van der Waals surface area (Å²) in [4.78, 5) is 11.9. The van der Waals surface area contributed by atoms with Crippen LogP contribution in [0.1, 0.15) is 19.3 Å². The van der Waals surface area contributed by atoms with Gasteiger partial charge in [-0.05, 0) is 42.3 Å². The SMILES string of the molecule is Clc1nc(N2CCCCC2)c2ccsc2n1. The molecule has 3 heterocycles. The Kier molecular flexibility index (Phi) is 2.69. The average molecular weight is 254 g/mol. The monoisotopic (exact) mass is 253 g/mol. The van der Waals surface area contributed by atoms with Crippen LogP contribution in [0, 0.1) is 0 Å². The number of piperidine rings is 1. The van der Waals surface area contributed by atoms with Crippen molar-refractivity contribution in [2.75, 3.05) is 18.0 Å². The smallest absolute Gasteiger partial charge is 0.225 e. The van der Waals surface area contributed by atoms with Crippen LogP contribution in [0.15, 0.2) is 11.4 Å². The summed E-state index contributed by atoms with van der Waals surface area (Å²) in [7, 11) is 0. The molecule has 0 aromatic carbocycles. The minimum atomic E-state index is 0.357. The van der Waals surface area contributed by atoms with E-state index in [0.29, 0.717) is 5.28 Å². The number of anilines is 1. The van der Waals surface area contributed by atoms with Gasteiger partial charge in [0.2, 0.25) is 5.28 Å². The van der Waals surface area contributed by atoms with Crippen LogP contribution in [0.25, 0.3) is 10.2 Å². The summed E-state index contributed by atoms with van der Waals surface area (Å²) in [6, 6.07) is 2.08. The van der Waals surface area contributed by atoms with E-state index < -0.39 is 0 Å². The van der Waals surface area contributed by atoms with Crippen LogP contribution in [0.2, 0.25) is 5.28 Å². The first-order valence-corrected chi connectivity index (χ1v) is 6.76. The lowest BCUT2D eigenvalue weighted by Gasteiger charge is -2.28. The van der Waals surface area contributed by atoms with Crippen LogP contribution in [0.4, 0.5) is 5.82 Å². The molecular formula is C11H12ClN3S. The number of hydrogen-bond donors (Lipinski definition) is 0. The van der Waals surface area contributed by atoms with Gasteiger partial charge in [0.1, 0.15) is 10.6 Å². The van der Waals surface area contributed by atoms with E-state index in [4.69, 9.17) is 11.6 Å². The van der Waals surface area contributed by atoms with E-state index in [9.17, 15) is 0 Å². The number of thiophene rings is 1. The molecule has 1 aliphatic rings. The summed E-state index contributed by atoms with van der Waals surface area (Å²) < 4.78 is 0. The van der Waals surface area contributed by atoms with E-state index in [1.807, 2.05) is 5.38 Å². The quantitative estimate of drug-likeness (QED) is 0.730. The van der Waals surface area contributed by atoms with Crippen molar-refractivity contribution in [1.82, 2.24) is 9.97 Å². The first-order chi connectivity index (χ1) is 7.84. The van der Waals surface area contributed by atoms with Gasteiger partial charge in [0.15, 0.2) is 0 Å². The summed E-state index contributed by atoms with van der Waals surface area (Å²) >= 11 is 7.58. The molecule has 84 valence electrons. The first kappa shape index (κ1) is 10.3. The summed E-state index contributed by atoms with van der Waals surface area (Å²) in [6.07, 6.45) is 3.81. The zero-order valence-electron chi connectivity index (χ0n) is 8.82. The van der Waals surface area contributed by atoms with Gasteiger partial charge < -0.3 is 4.90 Å². The van der Waals surface area contributed by atoms with Gasteiger partial charge in [0.05, 0.1) is 5.39 Å². The summed E-state index contributed by atoms with van der Waals surface area (Å²) in [5.41, 5.74) is 0. The normalized spacial score (nSPS) is 16.9. The standard InChI is InChI=1S/C11H12ClN3S/c12-11-13-9(15-5-2-1-3-6-15)8-4-7-16-10(8)14-11/h4,7H,1-3,5-6H2. The van der Waals surface area contributed by atoms with Gasteiger partial charge in [0, 0.05) is 13.1 Å². The maximum absolute atomic E-state index is 5.96. The molecule has 16 heavy (non-hydrogen) atoms. The fourth-order valence-electron chi connectivity index (χ4n) is 2.16.